The van der Waals surface area contributed by atoms with E-state index in [1.165, 1.54) is 6.92 Å². The second-order valence-electron chi connectivity index (χ2n) is 2.97. The van der Waals surface area contributed by atoms with Crippen molar-refractivity contribution in [2.45, 2.75) is 6.92 Å². The zero-order valence-electron chi connectivity index (χ0n) is 10.9. The van der Waals surface area contributed by atoms with E-state index in [9.17, 15) is 9.90 Å². The van der Waals surface area contributed by atoms with Crippen LogP contribution >= 0.6 is 11.6 Å². The lowest BCUT2D eigenvalue weighted by Gasteiger charge is -1.98. The predicted octanol–water partition coefficient (Wildman–Crippen LogP) is 1.21. The largest absolute Gasteiger partial charge is 0.510 e. The fraction of sp³-hybridized carbons (Fsp3) is 0.118. The first-order chi connectivity index (χ1) is 10.1. The maximum atomic E-state index is 11.3. The fourth-order valence-electron chi connectivity index (χ4n) is 0.647. The van der Waals surface area contributed by atoms with Crippen LogP contribution in [0, 0.1) is 71.7 Å². The molecule has 0 aromatic carbocycles. The minimum Gasteiger partial charge on any atom is -0.510 e. The van der Waals surface area contributed by atoms with Crippen molar-refractivity contribution in [3.8, 4) is 71.7 Å². The molecule has 3 nitrogen and oxygen atoms in total. The molecule has 100 valence electrons. The molecule has 0 fully saturated rings. The van der Waals surface area contributed by atoms with Crippen LogP contribution in [0.25, 0.3) is 0 Å². The molecule has 0 aromatic heterocycles. The summed E-state index contributed by atoms with van der Waals surface area (Å²) >= 11 is 5.34. The van der Waals surface area contributed by atoms with Crippen LogP contribution in [0.4, 0.5) is 0 Å². The van der Waals surface area contributed by atoms with E-state index < -0.39 is 5.97 Å². The lowest BCUT2D eigenvalue weighted by Crippen LogP contribution is -2.05. The third-order valence-corrected chi connectivity index (χ3v) is 1.89. The van der Waals surface area contributed by atoms with E-state index in [2.05, 4.69) is 70.0 Å². The molecule has 0 aliphatic heterocycles. The molecule has 0 aliphatic carbocycles. The Labute approximate surface area is 128 Å². The summed E-state index contributed by atoms with van der Waals surface area (Å²) in [5.74, 6) is 22.0. The van der Waals surface area contributed by atoms with Crippen molar-refractivity contribution < 1.29 is 14.6 Å². The zero-order chi connectivity index (χ0) is 15.9. The van der Waals surface area contributed by atoms with E-state index in [1.54, 1.807) is 0 Å². The summed E-state index contributed by atoms with van der Waals surface area (Å²) in [4.78, 5) is 11.3. The molecule has 0 unspecified atom stereocenters. The molecule has 0 rings (SSSR count). The number of halogens is 1. The van der Waals surface area contributed by atoms with Crippen LogP contribution in [-0.2, 0) is 9.53 Å². The fourth-order valence-corrected chi connectivity index (χ4v) is 0.847. The van der Waals surface area contributed by atoms with Crippen LogP contribution in [-0.4, -0.2) is 17.0 Å². The van der Waals surface area contributed by atoms with Crippen LogP contribution in [0.5, 0.6) is 0 Å². The van der Waals surface area contributed by atoms with Gasteiger partial charge < -0.3 is 9.84 Å². The number of rotatable bonds is 2. The van der Waals surface area contributed by atoms with Crippen LogP contribution in [0.2, 0.25) is 0 Å². The maximum Gasteiger partial charge on any atom is 0.351 e. The standard InChI is InChI=1S/C17H7ClO3/c1-3-4-5-6-7-8-9-10-11-12-13-21-17(20)15(2)16(19)14-18/h1,19H,14H2,2H3/b16-15-. The Morgan fingerprint density at radius 2 is 1.52 bits per heavy atom. The lowest BCUT2D eigenvalue weighted by atomic mass is 10.3. The molecule has 0 radical (unpaired) electrons. The Bertz CT molecular complexity index is 783. The highest BCUT2D eigenvalue weighted by molar-refractivity contribution is 6.19. The van der Waals surface area contributed by atoms with Crippen molar-refractivity contribution in [1.82, 2.24) is 0 Å². The van der Waals surface area contributed by atoms with Crippen LogP contribution in [0.15, 0.2) is 11.3 Å². The van der Waals surface area contributed by atoms with Gasteiger partial charge in [-0.1, -0.05) is 0 Å². The van der Waals surface area contributed by atoms with Gasteiger partial charge in [0.1, 0.15) is 11.9 Å². The number of carbonyl (C=O) groups excluding carboxylic acids is 1. The number of aliphatic hydroxyl groups excluding tert-OH is 1. The van der Waals surface area contributed by atoms with Crippen molar-refractivity contribution in [3.05, 3.63) is 11.3 Å². The highest BCUT2D eigenvalue weighted by Crippen LogP contribution is 2.04. The van der Waals surface area contributed by atoms with Gasteiger partial charge in [-0.3, -0.25) is 0 Å². The lowest BCUT2D eigenvalue weighted by molar-refractivity contribution is -0.132. The quantitative estimate of drug-likeness (QED) is 0.274. The molecule has 0 heterocycles. The molecule has 1 N–H and O–H groups in total. The van der Waals surface area contributed by atoms with Gasteiger partial charge in [0.2, 0.25) is 0 Å². The number of esters is 1. The van der Waals surface area contributed by atoms with Gasteiger partial charge in [-0.15, -0.1) is 18.0 Å². The van der Waals surface area contributed by atoms with E-state index in [4.69, 9.17) is 18.0 Å². The second-order valence-corrected chi connectivity index (χ2v) is 3.23. The smallest absolute Gasteiger partial charge is 0.351 e. The average Bonchev–Trinajstić information content (AvgIpc) is 2.50. The van der Waals surface area contributed by atoms with Crippen molar-refractivity contribution in [1.29, 1.82) is 0 Å². The summed E-state index contributed by atoms with van der Waals surface area (Å²) in [7, 11) is 0. The van der Waals surface area contributed by atoms with Gasteiger partial charge in [0.05, 0.1) is 11.5 Å². The van der Waals surface area contributed by atoms with Crippen molar-refractivity contribution in [2.75, 3.05) is 5.88 Å². The number of carbonyl (C=O) groups is 1. The monoisotopic (exact) mass is 294 g/mol. The number of allylic oxidation sites excluding steroid dienone is 1. The van der Waals surface area contributed by atoms with Crippen LogP contribution < -0.4 is 0 Å². The first-order valence-corrected chi connectivity index (χ1v) is 5.78. The molecule has 0 bridgehead atoms. The predicted molar refractivity (Wildman–Crippen MR) is 79.9 cm³/mol. The molecule has 0 saturated carbocycles. The summed E-state index contributed by atoms with van der Waals surface area (Å²) in [6, 6.07) is 0. The molecular weight excluding hydrogens is 288 g/mol. The van der Waals surface area contributed by atoms with Gasteiger partial charge in [0.15, 0.2) is 0 Å². The molecule has 21 heavy (non-hydrogen) atoms. The number of hydrogen-bond donors (Lipinski definition) is 1. The molecule has 0 aromatic rings. The summed E-state index contributed by atoms with van der Waals surface area (Å²) in [6.07, 6.45) is 6.93. The van der Waals surface area contributed by atoms with Crippen molar-refractivity contribution in [3.63, 3.8) is 0 Å². The van der Waals surface area contributed by atoms with Crippen LogP contribution in [0.1, 0.15) is 6.92 Å². The third kappa shape index (κ3) is 9.26. The van der Waals surface area contributed by atoms with E-state index >= 15 is 0 Å². The molecule has 0 amide bonds. The SMILES string of the molecule is C#CC#CC#CC#CC#CC#COC(=O)/C(C)=C(\O)CCl. The topological polar surface area (TPSA) is 46.5 Å². The third-order valence-electron chi connectivity index (χ3n) is 1.63. The van der Waals surface area contributed by atoms with Gasteiger partial charge in [-0.05, 0) is 36.5 Å². The summed E-state index contributed by atoms with van der Waals surface area (Å²) in [6.45, 7) is 1.36. The van der Waals surface area contributed by atoms with E-state index in [1.807, 2.05) is 0 Å². The van der Waals surface area contributed by atoms with Gasteiger partial charge in [-0.2, -0.15) is 0 Å². The number of aliphatic hydroxyl groups is 1. The normalized spacial score (nSPS) is 7.86. The molecular formula is C17H7ClO3. The average molecular weight is 295 g/mol. The second kappa shape index (κ2) is 11.7. The Kier molecular flexibility index (Phi) is 9.87. The van der Waals surface area contributed by atoms with E-state index in [-0.39, 0.29) is 17.2 Å². The number of alkyl halides is 1. The van der Waals surface area contributed by atoms with Crippen molar-refractivity contribution in [2.24, 2.45) is 0 Å². The maximum absolute atomic E-state index is 11.3. The van der Waals surface area contributed by atoms with E-state index in [0.717, 1.165) is 0 Å². The summed E-state index contributed by atoms with van der Waals surface area (Å²) in [5.41, 5.74) is -0.0181. The number of hydrogen-bond acceptors (Lipinski definition) is 3. The number of ether oxygens (including phenoxy) is 1. The van der Waals surface area contributed by atoms with Crippen molar-refractivity contribution >= 4 is 17.6 Å². The molecule has 0 aliphatic rings. The highest BCUT2D eigenvalue weighted by Gasteiger charge is 2.09. The Hall–Kier alpha value is -3.34. The molecule has 4 heteroatoms. The highest BCUT2D eigenvalue weighted by atomic mass is 35.5. The van der Waals surface area contributed by atoms with Gasteiger partial charge >= 0.3 is 5.97 Å². The minimum atomic E-state index is -0.800. The first-order valence-electron chi connectivity index (χ1n) is 5.25. The zero-order valence-corrected chi connectivity index (χ0v) is 11.7. The van der Waals surface area contributed by atoms with Gasteiger partial charge in [0.25, 0.3) is 0 Å². The summed E-state index contributed by atoms with van der Waals surface area (Å²) in [5, 5.41) is 9.19. The molecule has 0 saturated heterocycles. The minimum absolute atomic E-state index is 0.0181. The summed E-state index contributed by atoms with van der Waals surface area (Å²) < 4.78 is 4.51. The first kappa shape index (κ1) is 17.7. The molecule has 0 spiro atoms. The van der Waals surface area contributed by atoms with Gasteiger partial charge in [-0.25, -0.2) is 4.79 Å². The van der Waals surface area contributed by atoms with Crippen LogP contribution in [0.3, 0.4) is 0 Å². The Morgan fingerprint density at radius 1 is 1.05 bits per heavy atom. The van der Waals surface area contributed by atoms with Gasteiger partial charge in [0, 0.05) is 29.6 Å². The van der Waals surface area contributed by atoms with E-state index in [0.29, 0.717) is 0 Å². The Balaban J connectivity index is 4.44. The number of terminal acetylenes is 1. The molecule has 0 atom stereocenters. The Morgan fingerprint density at radius 3 is 2.00 bits per heavy atom.